The molecule has 0 aliphatic rings. The van der Waals surface area contributed by atoms with Gasteiger partial charge >= 0.3 is 0 Å². The zero-order valence-corrected chi connectivity index (χ0v) is 10.6. The van der Waals surface area contributed by atoms with Crippen LogP contribution in [0.25, 0.3) is 5.65 Å². The third kappa shape index (κ3) is 2.02. The number of ether oxygens (including phenoxy) is 1. The van der Waals surface area contributed by atoms with Gasteiger partial charge in [-0.15, -0.1) is 10.2 Å². The molecule has 3 aromatic heterocycles. The molecule has 0 spiro atoms. The van der Waals surface area contributed by atoms with Crippen LogP contribution >= 0.6 is 15.9 Å². The summed E-state index contributed by atoms with van der Waals surface area (Å²) in [5.41, 5.74) is 1.48. The zero-order chi connectivity index (χ0) is 12.4. The van der Waals surface area contributed by atoms with E-state index in [1.165, 1.54) is 6.33 Å². The van der Waals surface area contributed by atoms with Crippen molar-refractivity contribution in [3.05, 3.63) is 41.5 Å². The Bertz CT molecular complexity index is 670. The fourth-order valence-electron chi connectivity index (χ4n) is 1.44. The Morgan fingerprint density at radius 3 is 2.89 bits per heavy atom. The van der Waals surface area contributed by atoms with Gasteiger partial charge in [-0.1, -0.05) is 0 Å². The normalized spacial score (nSPS) is 10.7. The third-order valence-corrected chi connectivity index (χ3v) is 2.85. The summed E-state index contributed by atoms with van der Waals surface area (Å²) in [6.07, 6.45) is 8.02. The van der Waals surface area contributed by atoms with E-state index in [1.807, 2.05) is 0 Å². The summed E-state index contributed by atoms with van der Waals surface area (Å²) >= 11 is 3.30. The molecule has 3 aromatic rings. The molecule has 18 heavy (non-hydrogen) atoms. The van der Waals surface area contributed by atoms with Crippen LogP contribution in [0.5, 0.6) is 5.75 Å². The van der Waals surface area contributed by atoms with Gasteiger partial charge in [-0.05, 0) is 15.9 Å². The van der Waals surface area contributed by atoms with Crippen molar-refractivity contribution in [3.8, 4) is 5.75 Å². The Hall–Kier alpha value is -2.09. The number of hydrogen-bond donors (Lipinski definition) is 0. The van der Waals surface area contributed by atoms with E-state index in [2.05, 4.69) is 41.1 Å². The monoisotopic (exact) mass is 306 g/mol. The average molecular weight is 307 g/mol. The molecule has 0 amide bonds. The van der Waals surface area contributed by atoms with E-state index in [0.717, 1.165) is 5.56 Å². The summed E-state index contributed by atoms with van der Waals surface area (Å²) in [7, 11) is 0. The molecule has 3 heterocycles. The molecule has 0 aliphatic carbocycles. The minimum atomic E-state index is 0.354. The second kappa shape index (κ2) is 4.65. The molecule has 0 aliphatic heterocycles. The van der Waals surface area contributed by atoms with Gasteiger partial charge in [-0.25, -0.2) is 15.0 Å². The van der Waals surface area contributed by atoms with E-state index in [4.69, 9.17) is 4.74 Å². The van der Waals surface area contributed by atoms with Crippen molar-refractivity contribution in [1.29, 1.82) is 0 Å². The first kappa shape index (κ1) is 11.0. The maximum atomic E-state index is 5.63. The smallest absolute Gasteiger partial charge is 0.206 e. The summed E-state index contributed by atoms with van der Waals surface area (Å²) in [4.78, 5) is 12.0. The highest BCUT2D eigenvalue weighted by Gasteiger charge is 2.08. The van der Waals surface area contributed by atoms with Gasteiger partial charge in [0, 0.05) is 18.0 Å². The van der Waals surface area contributed by atoms with Crippen molar-refractivity contribution in [2.75, 3.05) is 0 Å². The van der Waals surface area contributed by atoms with Crippen molar-refractivity contribution in [2.45, 2.75) is 6.61 Å². The van der Waals surface area contributed by atoms with Crippen molar-refractivity contribution in [3.63, 3.8) is 0 Å². The molecule has 0 fully saturated rings. The molecule has 90 valence electrons. The van der Waals surface area contributed by atoms with Gasteiger partial charge in [0.05, 0.1) is 6.20 Å². The molecule has 7 nitrogen and oxygen atoms in total. The van der Waals surface area contributed by atoms with E-state index >= 15 is 0 Å². The van der Waals surface area contributed by atoms with E-state index < -0.39 is 0 Å². The molecule has 0 atom stereocenters. The van der Waals surface area contributed by atoms with Crippen molar-refractivity contribution < 1.29 is 4.74 Å². The molecule has 0 bridgehead atoms. The van der Waals surface area contributed by atoms with Crippen LogP contribution in [0, 0.1) is 0 Å². The quantitative estimate of drug-likeness (QED) is 0.678. The van der Waals surface area contributed by atoms with Crippen molar-refractivity contribution >= 4 is 21.6 Å². The first-order chi connectivity index (χ1) is 8.84. The van der Waals surface area contributed by atoms with Gasteiger partial charge in [0.15, 0.2) is 10.5 Å². The number of halogens is 1. The average Bonchev–Trinajstić information content (AvgIpc) is 2.90. The lowest BCUT2D eigenvalue weighted by molar-refractivity contribution is 0.305. The second-order valence-corrected chi connectivity index (χ2v) is 4.16. The second-order valence-electron chi connectivity index (χ2n) is 3.45. The van der Waals surface area contributed by atoms with Crippen LogP contribution < -0.4 is 4.74 Å². The Morgan fingerprint density at radius 1 is 1.22 bits per heavy atom. The summed E-state index contributed by atoms with van der Waals surface area (Å²) in [5.74, 6) is 0.555. The molecular weight excluding hydrogens is 300 g/mol. The van der Waals surface area contributed by atoms with E-state index in [-0.39, 0.29) is 0 Å². The van der Waals surface area contributed by atoms with E-state index in [9.17, 15) is 0 Å². The van der Waals surface area contributed by atoms with Gasteiger partial charge in [-0.2, -0.15) is 0 Å². The number of aromatic nitrogens is 6. The van der Waals surface area contributed by atoms with Crippen LogP contribution in [0.2, 0.25) is 0 Å². The van der Waals surface area contributed by atoms with E-state index in [0.29, 0.717) is 22.7 Å². The minimum absolute atomic E-state index is 0.354. The lowest BCUT2D eigenvalue weighted by atomic mass is 10.4. The first-order valence-electron chi connectivity index (χ1n) is 5.05. The maximum absolute atomic E-state index is 5.63. The molecule has 0 N–H and O–H groups in total. The number of nitrogens with zero attached hydrogens (tertiary/aromatic N) is 6. The van der Waals surface area contributed by atoms with Gasteiger partial charge in [0.25, 0.3) is 0 Å². The largest absolute Gasteiger partial charge is 0.483 e. The number of rotatable bonds is 3. The van der Waals surface area contributed by atoms with Crippen molar-refractivity contribution in [2.24, 2.45) is 0 Å². The lowest BCUT2D eigenvalue weighted by Gasteiger charge is -2.06. The molecule has 0 saturated heterocycles. The molecule has 3 rings (SSSR count). The van der Waals surface area contributed by atoms with Gasteiger partial charge in [0.2, 0.25) is 5.65 Å². The first-order valence-corrected chi connectivity index (χ1v) is 5.85. The van der Waals surface area contributed by atoms with Crippen LogP contribution in [0.1, 0.15) is 5.56 Å². The van der Waals surface area contributed by atoms with Crippen LogP contribution in [0.3, 0.4) is 0 Å². The van der Waals surface area contributed by atoms with Crippen LogP contribution in [0.4, 0.5) is 0 Å². The topological polar surface area (TPSA) is 78.1 Å². The highest BCUT2D eigenvalue weighted by atomic mass is 79.9. The Morgan fingerprint density at radius 2 is 2.06 bits per heavy atom. The number of fused-ring (bicyclic) bond motifs is 1. The fourth-order valence-corrected chi connectivity index (χ4v) is 1.80. The summed E-state index contributed by atoms with van der Waals surface area (Å²) < 4.78 is 7.95. The summed E-state index contributed by atoms with van der Waals surface area (Å²) in [6, 6.07) is 0. The molecule has 0 radical (unpaired) electrons. The van der Waals surface area contributed by atoms with Gasteiger partial charge < -0.3 is 4.74 Å². The highest BCUT2D eigenvalue weighted by molar-refractivity contribution is 9.10. The maximum Gasteiger partial charge on any atom is 0.206 e. The number of hydrogen-bond acceptors (Lipinski definition) is 6. The molecule has 0 saturated carbocycles. The molecule has 8 heteroatoms. The van der Waals surface area contributed by atoms with Crippen LogP contribution in [0.15, 0.2) is 36.0 Å². The van der Waals surface area contributed by atoms with Crippen LogP contribution in [-0.2, 0) is 6.61 Å². The molecule has 0 unspecified atom stereocenters. The Balaban J connectivity index is 1.87. The zero-order valence-electron chi connectivity index (χ0n) is 9.06. The van der Waals surface area contributed by atoms with E-state index in [1.54, 1.807) is 29.3 Å². The van der Waals surface area contributed by atoms with Crippen molar-refractivity contribution in [1.82, 2.24) is 29.5 Å². The predicted octanol–water partition coefficient (Wildman–Crippen LogP) is 1.26. The molecule has 0 aromatic carbocycles. The summed E-state index contributed by atoms with van der Waals surface area (Å²) in [5, 5.41) is 7.79. The minimum Gasteiger partial charge on any atom is -0.483 e. The van der Waals surface area contributed by atoms with Gasteiger partial charge in [0.1, 0.15) is 19.3 Å². The Labute approximate surface area is 110 Å². The third-order valence-electron chi connectivity index (χ3n) is 2.26. The molecular formula is C10H7BrN6O. The summed E-state index contributed by atoms with van der Waals surface area (Å²) in [6.45, 7) is 0.354. The standard InChI is InChI=1S/C10H7BrN6O/c11-10-14-3-8(9-16-15-6-17(9)10)18-4-7-1-12-5-13-2-7/h1-3,5-6H,4H2. The highest BCUT2D eigenvalue weighted by Crippen LogP contribution is 2.20. The van der Waals surface area contributed by atoms with Gasteiger partial charge in [-0.3, -0.25) is 4.40 Å². The predicted molar refractivity (Wildman–Crippen MR) is 64.8 cm³/mol. The SMILES string of the molecule is Brc1ncc(OCc2cncnc2)c2nncn12. The fraction of sp³-hybridized carbons (Fsp3) is 0.100. The van der Waals surface area contributed by atoms with Crippen LogP contribution in [-0.4, -0.2) is 29.5 Å². The lowest BCUT2D eigenvalue weighted by Crippen LogP contribution is -2.00. The Kier molecular flexibility index (Phi) is 2.85.